The van der Waals surface area contributed by atoms with E-state index in [0.717, 1.165) is 5.56 Å². The molecule has 4 heterocycles. The van der Waals surface area contributed by atoms with Crippen molar-refractivity contribution in [1.82, 2.24) is 0 Å². The van der Waals surface area contributed by atoms with Gasteiger partial charge in [0.25, 0.3) is 0 Å². The van der Waals surface area contributed by atoms with Crippen LogP contribution in [0.1, 0.15) is 116 Å². The van der Waals surface area contributed by atoms with Crippen LogP contribution in [0.25, 0.3) is 0 Å². The zero-order chi connectivity index (χ0) is 34.7. The molecule has 1 aromatic rings. The maximum Gasteiger partial charge on any atom is 0.466 e. The van der Waals surface area contributed by atoms with Crippen LogP contribution in [0, 0.1) is 0 Å². The van der Waals surface area contributed by atoms with Crippen molar-refractivity contribution in [2.75, 3.05) is 7.11 Å². The molecule has 0 radical (unpaired) electrons. The molecule has 4 aliphatic rings. The van der Waals surface area contributed by atoms with Gasteiger partial charge in [-0.1, -0.05) is 12.1 Å². The van der Waals surface area contributed by atoms with Gasteiger partial charge in [-0.25, -0.2) is 0 Å². The lowest BCUT2D eigenvalue weighted by Crippen LogP contribution is -2.67. The Morgan fingerprint density at radius 1 is 0.500 bits per heavy atom. The lowest BCUT2D eigenvalue weighted by molar-refractivity contribution is 0.00578. The standard InChI is InChI=1S/C33H56B4O9/c1-25(2)26(3,4)40-34(39-25)24(35-41-27(5,6)28(7,8)42-35)33(22-19-18-20-23(21-22)38-17,36-43-29(9,10)30(11,12)44-36)37-45-31(13,14)32(15,16)46-37/h18-21,24H,1-17H3. The van der Waals surface area contributed by atoms with Crippen LogP contribution in [0.2, 0.25) is 5.72 Å². The minimum atomic E-state index is -1.28. The summed E-state index contributed by atoms with van der Waals surface area (Å²) in [5.41, 5.74) is -5.34. The minimum absolute atomic E-state index is 0.661. The first-order valence-electron chi connectivity index (χ1n) is 16.7. The molecule has 4 saturated heterocycles. The smallest absolute Gasteiger partial charge is 0.466 e. The van der Waals surface area contributed by atoms with Gasteiger partial charge in [-0.05, 0) is 128 Å². The van der Waals surface area contributed by atoms with E-state index in [1.807, 2.05) is 135 Å². The van der Waals surface area contributed by atoms with E-state index >= 15 is 0 Å². The van der Waals surface area contributed by atoms with Crippen LogP contribution in [0.5, 0.6) is 5.75 Å². The zero-order valence-corrected chi connectivity index (χ0v) is 31.4. The highest BCUT2D eigenvalue weighted by molar-refractivity contribution is 6.81. The maximum absolute atomic E-state index is 7.07. The van der Waals surface area contributed by atoms with Crippen molar-refractivity contribution < 1.29 is 42.0 Å². The van der Waals surface area contributed by atoms with Crippen LogP contribution in [-0.2, 0) is 42.4 Å². The van der Waals surface area contributed by atoms with E-state index in [4.69, 9.17) is 42.0 Å². The van der Waals surface area contributed by atoms with Gasteiger partial charge in [-0.3, -0.25) is 0 Å². The van der Waals surface area contributed by atoms with Crippen molar-refractivity contribution in [3.63, 3.8) is 0 Å². The van der Waals surface area contributed by atoms with Gasteiger partial charge in [0.2, 0.25) is 0 Å². The Morgan fingerprint density at radius 3 is 1.11 bits per heavy atom. The third kappa shape index (κ3) is 5.34. The van der Waals surface area contributed by atoms with E-state index in [0.29, 0.717) is 5.75 Å². The number of hydrogen-bond acceptors (Lipinski definition) is 9. The Hall–Kier alpha value is -1.04. The highest BCUT2D eigenvalue weighted by atomic mass is 16.7. The summed E-state index contributed by atoms with van der Waals surface area (Å²) in [6, 6.07) is 7.92. The number of methoxy groups -OCH3 is 1. The third-order valence-electron chi connectivity index (χ3n) is 12.5. The first-order chi connectivity index (χ1) is 20.7. The van der Waals surface area contributed by atoms with Gasteiger partial charge in [0.05, 0.1) is 57.1 Å². The molecule has 0 aliphatic carbocycles. The molecule has 0 amide bonds. The number of rotatable bonds is 7. The second kappa shape index (κ2) is 10.7. The molecule has 0 N–H and O–H groups in total. The summed E-state index contributed by atoms with van der Waals surface area (Å²) in [5, 5.41) is -1.28. The molecule has 0 aromatic heterocycles. The molecule has 0 saturated carbocycles. The molecular formula is C33H56B4O9. The fourth-order valence-electron chi connectivity index (χ4n) is 6.51. The number of benzene rings is 1. The molecular weight excluding hydrogens is 584 g/mol. The van der Waals surface area contributed by atoms with Gasteiger partial charge >= 0.3 is 28.5 Å². The average molecular weight is 640 g/mol. The maximum atomic E-state index is 7.07. The lowest BCUT2D eigenvalue weighted by Gasteiger charge is -2.44. The summed E-state index contributed by atoms with van der Waals surface area (Å²) in [6.45, 7) is 32.8. The van der Waals surface area contributed by atoms with E-state index < -0.39 is 84.2 Å². The van der Waals surface area contributed by atoms with Crippen LogP contribution in [0.15, 0.2) is 24.3 Å². The Bertz CT molecular complexity index is 1190. The molecule has 0 unspecified atom stereocenters. The largest absolute Gasteiger partial charge is 0.497 e. The first kappa shape index (κ1) is 36.2. The average Bonchev–Trinajstić information content (AvgIpc) is 3.42. The van der Waals surface area contributed by atoms with E-state index in [1.165, 1.54) is 0 Å². The first-order valence-corrected chi connectivity index (χ1v) is 16.7. The van der Waals surface area contributed by atoms with Gasteiger partial charge in [-0.2, -0.15) is 0 Å². The lowest BCUT2D eigenvalue weighted by atomic mass is 9.22. The van der Waals surface area contributed by atoms with Crippen LogP contribution >= 0.6 is 0 Å². The summed E-state index contributed by atoms with van der Waals surface area (Å²) in [4.78, 5) is 0. The van der Waals surface area contributed by atoms with Crippen molar-refractivity contribution in [2.24, 2.45) is 0 Å². The van der Waals surface area contributed by atoms with Gasteiger partial charge in [0.15, 0.2) is 0 Å². The minimum Gasteiger partial charge on any atom is -0.497 e. The molecule has 9 nitrogen and oxygen atoms in total. The summed E-state index contributed by atoms with van der Waals surface area (Å²) >= 11 is 0. The van der Waals surface area contributed by atoms with Gasteiger partial charge < -0.3 is 42.0 Å². The molecule has 46 heavy (non-hydrogen) atoms. The molecule has 13 heteroatoms. The second-order valence-corrected chi connectivity index (χ2v) is 17.6. The van der Waals surface area contributed by atoms with Crippen molar-refractivity contribution in [2.45, 2.75) is 167 Å². The summed E-state index contributed by atoms with van der Waals surface area (Å²) in [6.07, 6.45) is 0. The topological polar surface area (TPSA) is 83.1 Å². The molecule has 254 valence electrons. The Balaban J connectivity index is 1.87. The van der Waals surface area contributed by atoms with Crippen LogP contribution in [-0.4, -0.2) is 80.4 Å². The SMILES string of the molecule is COc1cccc(C(B2OC(C)(C)C(C)(C)O2)(B2OC(C)(C)C(C)(C)O2)C(B2OC(C)(C)C(C)(C)O2)B2OC(C)(C)C(C)(C)O2)c1. The highest BCUT2D eigenvalue weighted by Gasteiger charge is 2.79. The van der Waals surface area contributed by atoms with Crippen molar-refractivity contribution in [3.05, 3.63) is 29.8 Å². The highest BCUT2D eigenvalue weighted by Crippen LogP contribution is 2.59. The molecule has 5 rings (SSSR count). The van der Waals surface area contributed by atoms with Gasteiger partial charge in [0.1, 0.15) is 5.75 Å². The van der Waals surface area contributed by atoms with E-state index in [1.54, 1.807) is 7.11 Å². The monoisotopic (exact) mass is 640 g/mol. The van der Waals surface area contributed by atoms with Crippen molar-refractivity contribution in [3.8, 4) is 5.75 Å². The fourth-order valence-corrected chi connectivity index (χ4v) is 6.51. The van der Waals surface area contributed by atoms with E-state index in [-0.39, 0.29) is 0 Å². The summed E-state index contributed by atoms with van der Waals surface area (Å²) < 4.78 is 61.9. The number of hydrogen-bond donors (Lipinski definition) is 0. The quantitative estimate of drug-likeness (QED) is 0.320. The molecule has 0 spiro atoms. The van der Waals surface area contributed by atoms with Crippen LogP contribution in [0.4, 0.5) is 0 Å². The Kier molecular flexibility index (Phi) is 8.45. The Labute approximate surface area is 279 Å². The van der Waals surface area contributed by atoms with Crippen molar-refractivity contribution in [1.29, 1.82) is 0 Å². The zero-order valence-electron chi connectivity index (χ0n) is 31.4. The molecule has 1 aromatic carbocycles. The van der Waals surface area contributed by atoms with Crippen molar-refractivity contribution >= 4 is 28.5 Å². The summed E-state index contributed by atoms with van der Waals surface area (Å²) in [7, 11) is -1.86. The second-order valence-electron chi connectivity index (χ2n) is 17.6. The van der Waals surface area contributed by atoms with Crippen LogP contribution in [0.3, 0.4) is 0 Å². The Morgan fingerprint density at radius 2 is 0.804 bits per heavy atom. The predicted octanol–water partition coefficient (Wildman–Crippen LogP) is 6.29. The molecule has 0 atom stereocenters. The van der Waals surface area contributed by atoms with E-state index in [2.05, 4.69) is 0 Å². The summed E-state index contributed by atoms with van der Waals surface area (Å²) in [5.74, 6) is 0.663. The number of ether oxygens (including phenoxy) is 1. The van der Waals surface area contributed by atoms with Gasteiger partial charge in [-0.15, -0.1) is 0 Å². The molecule has 0 bridgehead atoms. The van der Waals surface area contributed by atoms with Crippen LogP contribution < -0.4 is 4.74 Å². The molecule has 4 fully saturated rings. The van der Waals surface area contributed by atoms with E-state index in [9.17, 15) is 0 Å². The fraction of sp³-hybridized carbons (Fsp3) is 0.818. The third-order valence-corrected chi connectivity index (χ3v) is 12.5. The normalized spacial score (nSPS) is 28.4. The molecule has 4 aliphatic heterocycles. The van der Waals surface area contributed by atoms with Gasteiger partial charge in [0, 0.05) is 5.72 Å². The predicted molar refractivity (Wildman–Crippen MR) is 183 cm³/mol.